The highest BCUT2D eigenvalue weighted by Gasteiger charge is 2.18. The van der Waals surface area contributed by atoms with Crippen molar-refractivity contribution in [3.63, 3.8) is 0 Å². The molecule has 1 aliphatic rings. The number of nitrogens with one attached hydrogen (secondary N) is 1. The van der Waals surface area contributed by atoms with Crippen molar-refractivity contribution in [2.24, 2.45) is 5.10 Å². The summed E-state index contributed by atoms with van der Waals surface area (Å²) in [6, 6.07) is 5.22. The number of carbonyl (C=O) groups is 2. The number of ether oxygens (including phenoxy) is 3. The molecule has 1 aromatic rings. The van der Waals surface area contributed by atoms with E-state index in [1.165, 1.54) is 13.1 Å². The summed E-state index contributed by atoms with van der Waals surface area (Å²) in [5.74, 6) is 0.675. The van der Waals surface area contributed by atoms with Crippen LogP contribution in [0.1, 0.15) is 19.4 Å². The quantitative estimate of drug-likeness (QED) is 0.581. The van der Waals surface area contributed by atoms with Crippen molar-refractivity contribution in [2.75, 3.05) is 39.5 Å². The lowest BCUT2D eigenvalue weighted by Crippen LogP contribution is -2.43. The topological polar surface area (TPSA) is 89.5 Å². The molecule has 0 atom stereocenters. The number of hydrazone groups is 1. The monoisotopic (exact) mass is 349 g/mol. The maximum Gasteiger partial charge on any atom is 0.260 e. The summed E-state index contributed by atoms with van der Waals surface area (Å²) >= 11 is 0. The van der Waals surface area contributed by atoms with Crippen LogP contribution in [0.25, 0.3) is 0 Å². The van der Waals surface area contributed by atoms with Gasteiger partial charge in [-0.15, -0.1) is 0 Å². The average molecular weight is 349 g/mol. The smallest absolute Gasteiger partial charge is 0.260 e. The van der Waals surface area contributed by atoms with Crippen LogP contribution < -0.4 is 14.9 Å². The first kappa shape index (κ1) is 18.7. The standard InChI is InChI=1S/C17H23N3O5/c1-3-24-16-10-14(11-18-19-13(2)21)4-5-15(16)25-12-17(22)20-6-8-23-9-7-20/h4-5,10-11H,3,6-9,12H2,1-2H3,(H,19,21)/b18-11-. The number of hydrogen-bond donors (Lipinski definition) is 1. The molecule has 1 N–H and O–H groups in total. The molecule has 1 heterocycles. The molecule has 0 radical (unpaired) electrons. The zero-order valence-corrected chi connectivity index (χ0v) is 14.5. The Balaban J connectivity index is 1.99. The summed E-state index contributed by atoms with van der Waals surface area (Å²) < 4.78 is 16.4. The van der Waals surface area contributed by atoms with Gasteiger partial charge in [0.2, 0.25) is 5.91 Å². The minimum atomic E-state index is -0.247. The zero-order valence-electron chi connectivity index (χ0n) is 14.5. The first-order valence-electron chi connectivity index (χ1n) is 8.15. The van der Waals surface area contributed by atoms with Crippen LogP contribution in [0.4, 0.5) is 0 Å². The number of benzene rings is 1. The van der Waals surface area contributed by atoms with E-state index in [1.807, 2.05) is 6.92 Å². The molecule has 1 saturated heterocycles. The Morgan fingerprint density at radius 3 is 2.72 bits per heavy atom. The maximum atomic E-state index is 12.2. The summed E-state index contributed by atoms with van der Waals surface area (Å²) in [5, 5.41) is 3.81. The number of nitrogens with zero attached hydrogens (tertiary/aromatic N) is 2. The minimum Gasteiger partial charge on any atom is -0.490 e. The van der Waals surface area contributed by atoms with Gasteiger partial charge < -0.3 is 19.1 Å². The van der Waals surface area contributed by atoms with Crippen LogP contribution in [-0.2, 0) is 14.3 Å². The largest absolute Gasteiger partial charge is 0.490 e. The van der Waals surface area contributed by atoms with E-state index in [9.17, 15) is 9.59 Å². The predicted octanol–water partition coefficient (Wildman–Crippen LogP) is 0.793. The summed E-state index contributed by atoms with van der Waals surface area (Å²) in [6.07, 6.45) is 1.51. The summed E-state index contributed by atoms with van der Waals surface area (Å²) in [4.78, 5) is 24.7. The van der Waals surface area contributed by atoms with E-state index in [0.29, 0.717) is 44.4 Å². The normalized spacial score (nSPS) is 14.4. The lowest BCUT2D eigenvalue weighted by atomic mass is 10.2. The Kier molecular flexibility index (Phi) is 7.21. The zero-order chi connectivity index (χ0) is 18.1. The van der Waals surface area contributed by atoms with Crippen LogP contribution in [0.5, 0.6) is 11.5 Å². The second-order valence-electron chi connectivity index (χ2n) is 5.35. The first-order chi connectivity index (χ1) is 12.1. The third-order valence-corrected chi connectivity index (χ3v) is 3.42. The van der Waals surface area contributed by atoms with Gasteiger partial charge >= 0.3 is 0 Å². The Morgan fingerprint density at radius 2 is 2.04 bits per heavy atom. The van der Waals surface area contributed by atoms with Gasteiger partial charge in [0.05, 0.1) is 26.0 Å². The van der Waals surface area contributed by atoms with Crippen molar-refractivity contribution in [1.82, 2.24) is 10.3 Å². The molecule has 0 aliphatic carbocycles. The van der Waals surface area contributed by atoms with Gasteiger partial charge in [0.15, 0.2) is 18.1 Å². The van der Waals surface area contributed by atoms with Crippen LogP contribution in [0, 0.1) is 0 Å². The number of morpholine rings is 1. The van der Waals surface area contributed by atoms with Crippen molar-refractivity contribution < 1.29 is 23.8 Å². The van der Waals surface area contributed by atoms with Crippen LogP contribution >= 0.6 is 0 Å². The number of rotatable bonds is 7. The van der Waals surface area contributed by atoms with Gasteiger partial charge in [-0.25, -0.2) is 5.43 Å². The van der Waals surface area contributed by atoms with Gasteiger partial charge in [-0.1, -0.05) is 0 Å². The molecule has 8 heteroatoms. The van der Waals surface area contributed by atoms with Crippen molar-refractivity contribution in [1.29, 1.82) is 0 Å². The highest BCUT2D eigenvalue weighted by Crippen LogP contribution is 2.28. The van der Waals surface area contributed by atoms with Gasteiger partial charge in [-0.3, -0.25) is 9.59 Å². The van der Waals surface area contributed by atoms with E-state index >= 15 is 0 Å². The molecule has 8 nitrogen and oxygen atoms in total. The molecule has 0 aromatic heterocycles. The Bertz CT molecular complexity index is 627. The number of amides is 2. The Labute approximate surface area is 146 Å². The van der Waals surface area contributed by atoms with E-state index in [0.717, 1.165) is 5.56 Å². The third kappa shape index (κ3) is 6.07. The average Bonchev–Trinajstić information content (AvgIpc) is 2.61. The maximum absolute atomic E-state index is 12.2. The van der Waals surface area contributed by atoms with Crippen LogP contribution in [-0.4, -0.2) is 62.4 Å². The molecule has 2 amide bonds. The predicted molar refractivity (Wildman–Crippen MR) is 91.9 cm³/mol. The van der Waals surface area contributed by atoms with E-state index in [-0.39, 0.29) is 18.4 Å². The molecule has 1 fully saturated rings. The molecule has 0 saturated carbocycles. The number of carbonyl (C=O) groups excluding carboxylic acids is 2. The fraction of sp³-hybridized carbons (Fsp3) is 0.471. The fourth-order valence-corrected chi connectivity index (χ4v) is 2.23. The molecule has 1 aliphatic heterocycles. The third-order valence-electron chi connectivity index (χ3n) is 3.42. The fourth-order valence-electron chi connectivity index (χ4n) is 2.23. The molecular weight excluding hydrogens is 326 g/mol. The molecule has 0 spiro atoms. The lowest BCUT2D eigenvalue weighted by Gasteiger charge is -2.26. The highest BCUT2D eigenvalue weighted by atomic mass is 16.5. The Morgan fingerprint density at radius 1 is 1.28 bits per heavy atom. The molecule has 136 valence electrons. The van der Waals surface area contributed by atoms with E-state index in [2.05, 4.69) is 10.5 Å². The molecular formula is C17H23N3O5. The molecule has 25 heavy (non-hydrogen) atoms. The molecule has 1 aromatic carbocycles. The molecule has 0 bridgehead atoms. The van der Waals surface area contributed by atoms with E-state index in [4.69, 9.17) is 14.2 Å². The van der Waals surface area contributed by atoms with E-state index < -0.39 is 0 Å². The second kappa shape index (κ2) is 9.63. The van der Waals surface area contributed by atoms with Crippen LogP contribution in [0.3, 0.4) is 0 Å². The van der Waals surface area contributed by atoms with Gasteiger partial charge in [-0.2, -0.15) is 5.10 Å². The van der Waals surface area contributed by atoms with Gasteiger partial charge in [0.25, 0.3) is 5.91 Å². The Hall–Kier alpha value is -2.61. The summed E-state index contributed by atoms with van der Waals surface area (Å²) in [7, 11) is 0. The lowest BCUT2D eigenvalue weighted by molar-refractivity contribution is -0.137. The van der Waals surface area contributed by atoms with Crippen molar-refractivity contribution >= 4 is 18.0 Å². The van der Waals surface area contributed by atoms with Crippen molar-refractivity contribution in [3.8, 4) is 11.5 Å². The van der Waals surface area contributed by atoms with Gasteiger partial charge in [-0.05, 0) is 30.7 Å². The summed E-state index contributed by atoms with van der Waals surface area (Å²) in [5.41, 5.74) is 3.07. The first-order valence-corrected chi connectivity index (χ1v) is 8.15. The van der Waals surface area contributed by atoms with Crippen LogP contribution in [0.15, 0.2) is 23.3 Å². The molecule has 2 rings (SSSR count). The number of hydrogen-bond acceptors (Lipinski definition) is 6. The molecule has 0 unspecified atom stereocenters. The second-order valence-corrected chi connectivity index (χ2v) is 5.35. The minimum absolute atomic E-state index is 0.0561. The van der Waals surface area contributed by atoms with Gasteiger partial charge in [0, 0.05) is 20.0 Å². The van der Waals surface area contributed by atoms with Crippen LogP contribution in [0.2, 0.25) is 0 Å². The van der Waals surface area contributed by atoms with Crippen molar-refractivity contribution in [3.05, 3.63) is 23.8 Å². The van der Waals surface area contributed by atoms with E-state index in [1.54, 1.807) is 23.1 Å². The van der Waals surface area contributed by atoms with Crippen molar-refractivity contribution in [2.45, 2.75) is 13.8 Å². The van der Waals surface area contributed by atoms with Gasteiger partial charge in [0.1, 0.15) is 0 Å². The SMILES string of the molecule is CCOc1cc(/C=N\NC(C)=O)ccc1OCC(=O)N1CCOCC1. The summed E-state index contributed by atoms with van der Waals surface area (Å²) in [6.45, 7) is 5.92. The highest BCUT2D eigenvalue weighted by molar-refractivity contribution is 5.83.